The van der Waals surface area contributed by atoms with Gasteiger partial charge in [0.15, 0.2) is 5.65 Å². The monoisotopic (exact) mass is 454 g/mol. The summed E-state index contributed by atoms with van der Waals surface area (Å²) in [5.41, 5.74) is 1.74. The quantitative estimate of drug-likeness (QED) is 0.597. The highest BCUT2D eigenvalue weighted by atomic mass is 79.9. The number of hydrogen-bond acceptors (Lipinski definition) is 5. The second-order valence-corrected chi connectivity index (χ2v) is 7.54. The summed E-state index contributed by atoms with van der Waals surface area (Å²) in [4.78, 5) is 37.8. The van der Waals surface area contributed by atoms with Gasteiger partial charge in [-0.1, -0.05) is 25.1 Å². The van der Waals surface area contributed by atoms with Crippen molar-refractivity contribution in [1.29, 1.82) is 0 Å². The number of carbonyl (C=O) groups excluding carboxylic acids is 2. The minimum Gasteiger partial charge on any atom is -0.387 e. The number of anilines is 1. The molecule has 0 saturated carbocycles. The molecule has 8 heteroatoms. The number of benzene rings is 1. The van der Waals surface area contributed by atoms with Gasteiger partial charge in [-0.3, -0.25) is 14.5 Å². The lowest BCUT2D eigenvalue weighted by molar-refractivity contribution is -0.136. The second kappa shape index (κ2) is 7.88. The largest absolute Gasteiger partial charge is 0.387 e. The van der Waals surface area contributed by atoms with E-state index in [2.05, 4.69) is 25.9 Å². The number of amides is 2. The highest BCUT2D eigenvalue weighted by Crippen LogP contribution is 2.39. The van der Waals surface area contributed by atoms with E-state index in [0.29, 0.717) is 34.6 Å². The average Bonchev–Trinajstić information content (AvgIpc) is 3.03. The Kier molecular flexibility index (Phi) is 5.29. The highest BCUT2D eigenvalue weighted by molar-refractivity contribution is 9.10. The van der Waals surface area contributed by atoms with Crippen LogP contribution in [0.3, 0.4) is 0 Å². The highest BCUT2D eigenvalue weighted by Gasteiger charge is 2.43. The number of carbonyl (C=O) groups is 2. The van der Waals surface area contributed by atoms with Crippen LogP contribution in [-0.2, 0) is 4.79 Å². The van der Waals surface area contributed by atoms with Crippen LogP contribution in [0.5, 0.6) is 0 Å². The van der Waals surface area contributed by atoms with E-state index in [1.807, 2.05) is 37.3 Å². The maximum absolute atomic E-state index is 13.3. The van der Waals surface area contributed by atoms with Gasteiger partial charge in [-0.2, -0.15) is 0 Å². The van der Waals surface area contributed by atoms with Crippen LogP contribution in [0.25, 0.3) is 11.0 Å². The number of rotatable bonds is 5. The van der Waals surface area contributed by atoms with Crippen molar-refractivity contribution in [2.75, 3.05) is 18.1 Å². The fourth-order valence-electron chi connectivity index (χ4n) is 3.65. The molecule has 3 heterocycles. The van der Waals surface area contributed by atoms with Crippen LogP contribution >= 0.6 is 15.9 Å². The Bertz CT molecular complexity index is 1100. The van der Waals surface area contributed by atoms with E-state index >= 15 is 0 Å². The first-order chi connectivity index (χ1) is 14.0. The van der Waals surface area contributed by atoms with E-state index in [1.54, 1.807) is 18.2 Å². The molecule has 2 aromatic heterocycles. The fourth-order valence-corrected chi connectivity index (χ4v) is 3.95. The molecule has 29 heavy (non-hydrogen) atoms. The van der Waals surface area contributed by atoms with E-state index in [1.165, 1.54) is 9.80 Å². The van der Waals surface area contributed by atoms with Crippen molar-refractivity contribution >= 4 is 44.6 Å². The number of hydrogen-bond donors (Lipinski definition) is 1. The van der Waals surface area contributed by atoms with Crippen LogP contribution in [0, 0.1) is 0 Å². The maximum Gasteiger partial charge on any atom is 0.261 e. The zero-order chi connectivity index (χ0) is 20.5. The summed E-state index contributed by atoms with van der Waals surface area (Å²) in [7, 11) is 0. The number of aromatic nitrogens is 2. The summed E-state index contributed by atoms with van der Waals surface area (Å²) in [5, 5.41) is 10.4. The molecule has 1 unspecified atom stereocenters. The molecule has 4 rings (SSSR count). The Hall–Kier alpha value is -2.84. The summed E-state index contributed by atoms with van der Waals surface area (Å²) in [5.74, 6) is -0.270. The number of fused-ring (bicyclic) bond motifs is 2. The minimum absolute atomic E-state index is 0.237. The molecule has 2 amide bonds. The molecule has 7 nitrogen and oxygen atoms in total. The van der Waals surface area contributed by atoms with Crippen LogP contribution in [0.4, 0.5) is 5.82 Å². The Morgan fingerprint density at radius 2 is 1.93 bits per heavy atom. The third-order valence-corrected chi connectivity index (χ3v) is 5.34. The molecular weight excluding hydrogens is 436 g/mol. The van der Waals surface area contributed by atoms with Gasteiger partial charge in [0, 0.05) is 23.1 Å². The number of pyridine rings is 2. The molecule has 1 aromatic carbocycles. The molecule has 0 aliphatic carbocycles. The summed E-state index contributed by atoms with van der Waals surface area (Å²) in [6.45, 7) is 1.72. The molecule has 0 bridgehead atoms. The molecule has 0 spiro atoms. The predicted molar refractivity (Wildman–Crippen MR) is 112 cm³/mol. The summed E-state index contributed by atoms with van der Waals surface area (Å²) < 4.78 is 0.644. The predicted octanol–water partition coefficient (Wildman–Crippen LogP) is 3.28. The molecule has 0 radical (unpaired) electrons. The lowest BCUT2D eigenvalue weighted by atomic mass is 10.1. The van der Waals surface area contributed by atoms with E-state index in [9.17, 15) is 14.7 Å². The lowest BCUT2D eigenvalue weighted by Crippen LogP contribution is -2.45. The van der Waals surface area contributed by atoms with Crippen LogP contribution < -0.4 is 4.90 Å². The zero-order valence-electron chi connectivity index (χ0n) is 15.7. The third-order valence-electron chi connectivity index (χ3n) is 4.90. The number of nitrogens with zero attached hydrogens (tertiary/aromatic N) is 4. The van der Waals surface area contributed by atoms with Crippen LogP contribution in [0.15, 0.2) is 53.1 Å². The molecule has 1 atom stereocenters. The smallest absolute Gasteiger partial charge is 0.261 e. The second-order valence-electron chi connectivity index (χ2n) is 6.73. The van der Waals surface area contributed by atoms with Gasteiger partial charge in [0.2, 0.25) is 5.91 Å². The van der Waals surface area contributed by atoms with Gasteiger partial charge in [-0.25, -0.2) is 9.97 Å². The minimum atomic E-state index is -0.671. The van der Waals surface area contributed by atoms with Gasteiger partial charge >= 0.3 is 0 Å². The zero-order valence-corrected chi connectivity index (χ0v) is 17.3. The lowest BCUT2D eigenvalue weighted by Gasteiger charge is -2.34. The van der Waals surface area contributed by atoms with Gasteiger partial charge in [-0.05, 0) is 52.7 Å². The Labute approximate surface area is 176 Å². The average molecular weight is 455 g/mol. The van der Waals surface area contributed by atoms with E-state index < -0.39 is 18.7 Å². The molecule has 0 saturated heterocycles. The normalized spacial score (nSPS) is 15.6. The van der Waals surface area contributed by atoms with Crippen LogP contribution in [0.1, 0.15) is 35.4 Å². The fraction of sp³-hybridized carbons (Fsp3) is 0.238. The van der Waals surface area contributed by atoms with Crippen molar-refractivity contribution < 1.29 is 14.7 Å². The standard InChI is InChI=1S/C21H19BrN4O3/c1-2-11-25(18(28)12-27)20-14-5-3-4-6-15(14)21(29)26(20)17-10-8-13-7-9-16(22)23-19(13)24-17/h3-10,20,27H,2,11-12H2,1H3. The van der Waals surface area contributed by atoms with Crippen molar-refractivity contribution in [2.24, 2.45) is 0 Å². The topological polar surface area (TPSA) is 86.6 Å². The first-order valence-corrected chi connectivity index (χ1v) is 10.1. The summed E-state index contributed by atoms with van der Waals surface area (Å²) in [6, 6.07) is 14.5. The Morgan fingerprint density at radius 3 is 2.69 bits per heavy atom. The number of halogens is 1. The van der Waals surface area contributed by atoms with Gasteiger partial charge < -0.3 is 10.0 Å². The summed E-state index contributed by atoms with van der Waals surface area (Å²) in [6.07, 6.45) is 0.0157. The van der Waals surface area contributed by atoms with Crippen molar-refractivity contribution in [3.63, 3.8) is 0 Å². The maximum atomic E-state index is 13.3. The number of aliphatic hydroxyl groups excluding tert-OH is 1. The first-order valence-electron chi connectivity index (χ1n) is 9.31. The molecule has 1 aliphatic heterocycles. The Morgan fingerprint density at radius 1 is 1.17 bits per heavy atom. The van der Waals surface area contributed by atoms with Gasteiger partial charge in [0.1, 0.15) is 23.2 Å². The first kappa shape index (κ1) is 19.5. The van der Waals surface area contributed by atoms with Gasteiger partial charge in [-0.15, -0.1) is 0 Å². The molecule has 148 valence electrons. The van der Waals surface area contributed by atoms with Crippen molar-refractivity contribution in [2.45, 2.75) is 19.5 Å². The van der Waals surface area contributed by atoms with Crippen LogP contribution in [-0.4, -0.2) is 44.9 Å². The van der Waals surface area contributed by atoms with Crippen LogP contribution in [0.2, 0.25) is 0 Å². The molecule has 3 aromatic rings. The van der Waals surface area contributed by atoms with E-state index in [-0.39, 0.29) is 5.91 Å². The Balaban J connectivity index is 1.88. The van der Waals surface area contributed by atoms with Crippen molar-refractivity contribution in [1.82, 2.24) is 14.9 Å². The van der Waals surface area contributed by atoms with Gasteiger partial charge in [0.25, 0.3) is 5.91 Å². The number of aliphatic hydroxyl groups is 1. The SMILES string of the molecule is CCCN(C(=O)CO)C1c2ccccc2C(=O)N1c1ccc2ccc(Br)nc2n1. The van der Waals surface area contributed by atoms with E-state index in [0.717, 1.165) is 10.9 Å². The van der Waals surface area contributed by atoms with E-state index in [4.69, 9.17) is 0 Å². The summed E-state index contributed by atoms with van der Waals surface area (Å²) >= 11 is 3.35. The third kappa shape index (κ3) is 3.38. The molecule has 1 N–H and O–H groups in total. The van der Waals surface area contributed by atoms with Crippen molar-refractivity contribution in [3.05, 3.63) is 64.3 Å². The molecular formula is C21H19BrN4O3. The van der Waals surface area contributed by atoms with Crippen molar-refractivity contribution in [3.8, 4) is 0 Å². The van der Waals surface area contributed by atoms with Gasteiger partial charge in [0.05, 0.1) is 0 Å². The molecule has 1 aliphatic rings. The molecule has 0 fully saturated rings.